The van der Waals surface area contributed by atoms with Crippen LogP contribution in [0.2, 0.25) is 0 Å². The number of nitrogens with zero attached hydrogens (tertiary/aromatic N) is 2. The van der Waals surface area contributed by atoms with E-state index in [1.807, 2.05) is 0 Å². The second kappa shape index (κ2) is 4.58. The summed E-state index contributed by atoms with van der Waals surface area (Å²) >= 11 is 0. The number of aryl methyl sites for hydroxylation is 2. The molecule has 3 rings (SSSR count). The van der Waals surface area contributed by atoms with Crippen molar-refractivity contribution in [2.24, 2.45) is 0 Å². The fourth-order valence-electron chi connectivity index (χ4n) is 2.77. The van der Waals surface area contributed by atoms with Crippen LogP contribution in [0.15, 0.2) is 6.20 Å². The van der Waals surface area contributed by atoms with Crippen LogP contribution in [0.5, 0.6) is 0 Å². The summed E-state index contributed by atoms with van der Waals surface area (Å²) in [6.45, 7) is 2.10. The van der Waals surface area contributed by atoms with Gasteiger partial charge >= 0.3 is 0 Å². The Bertz CT molecular complexity index is 329. The lowest BCUT2D eigenvalue weighted by Gasteiger charge is -2.21. The Morgan fingerprint density at radius 2 is 2.31 bits per heavy atom. The summed E-state index contributed by atoms with van der Waals surface area (Å²) < 4.78 is 8.10. The quantitative estimate of drug-likeness (QED) is 0.765. The predicted octanol–water partition coefficient (Wildman–Crippen LogP) is 2.33. The van der Waals surface area contributed by atoms with Crippen LogP contribution in [0.4, 0.5) is 0 Å². The molecule has 3 heterocycles. The van der Waals surface area contributed by atoms with E-state index in [2.05, 4.69) is 10.8 Å². The van der Waals surface area contributed by atoms with Gasteiger partial charge in [0.25, 0.3) is 0 Å². The van der Waals surface area contributed by atoms with Crippen molar-refractivity contribution in [3.05, 3.63) is 17.7 Å². The van der Waals surface area contributed by atoms with Gasteiger partial charge in [0.1, 0.15) is 5.82 Å². The van der Waals surface area contributed by atoms with Crippen molar-refractivity contribution in [3.63, 3.8) is 0 Å². The minimum absolute atomic E-state index is 0.422. The summed E-state index contributed by atoms with van der Waals surface area (Å²) in [5, 5.41) is 0. The maximum Gasteiger partial charge on any atom is 0.108 e. The first-order valence-corrected chi connectivity index (χ1v) is 6.58. The standard InChI is InChI=1S/C13H20N2O/c1-3-7-15-10-11(14-13(15)6-1)9-12-5-2-4-8-16-12/h10,12H,1-9H2. The summed E-state index contributed by atoms with van der Waals surface area (Å²) in [5.41, 5.74) is 1.24. The SMILES string of the molecule is c1c(CC2CCCCO2)nc2n1CCCC2. The molecule has 1 aromatic rings. The lowest BCUT2D eigenvalue weighted by Crippen LogP contribution is -2.21. The van der Waals surface area contributed by atoms with E-state index < -0.39 is 0 Å². The Balaban J connectivity index is 1.67. The van der Waals surface area contributed by atoms with Gasteiger partial charge in [-0.2, -0.15) is 0 Å². The van der Waals surface area contributed by atoms with E-state index in [1.54, 1.807) is 0 Å². The monoisotopic (exact) mass is 220 g/mol. The van der Waals surface area contributed by atoms with E-state index in [0.717, 1.165) is 26.0 Å². The topological polar surface area (TPSA) is 27.1 Å². The number of fused-ring (bicyclic) bond motifs is 1. The lowest BCUT2D eigenvalue weighted by molar-refractivity contribution is 0.0163. The number of ether oxygens (including phenoxy) is 1. The second-order valence-corrected chi connectivity index (χ2v) is 4.99. The molecular weight excluding hydrogens is 200 g/mol. The van der Waals surface area contributed by atoms with E-state index in [4.69, 9.17) is 9.72 Å². The summed E-state index contributed by atoms with van der Waals surface area (Å²) in [6, 6.07) is 0. The molecule has 0 spiro atoms. The average molecular weight is 220 g/mol. The lowest BCUT2D eigenvalue weighted by atomic mass is 10.1. The molecule has 16 heavy (non-hydrogen) atoms. The summed E-state index contributed by atoms with van der Waals surface area (Å²) in [7, 11) is 0. The zero-order valence-corrected chi connectivity index (χ0v) is 9.82. The molecule has 1 unspecified atom stereocenters. The van der Waals surface area contributed by atoms with Crippen LogP contribution in [-0.2, 0) is 24.1 Å². The third-order valence-electron chi connectivity index (χ3n) is 3.67. The van der Waals surface area contributed by atoms with Crippen molar-refractivity contribution in [1.29, 1.82) is 0 Å². The molecule has 0 radical (unpaired) electrons. The zero-order chi connectivity index (χ0) is 10.8. The molecule has 2 aliphatic heterocycles. The maximum absolute atomic E-state index is 5.76. The van der Waals surface area contributed by atoms with E-state index in [0.29, 0.717) is 6.10 Å². The zero-order valence-electron chi connectivity index (χ0n) is 9.82. The maximum atomic E-state index is 5.76. The number of imidazole rings is 1. The summed E-state index contributed by atoms with van der Waals surface area (Å²) in [4.78, 5) is 4.73. The third kappa shape index (κ3) is 2.14. The van der Waals surface area contributed by atoms with Crippen LogP contribution < -0.4 is 0 Å². The van der Waals surface area contributed by atoms with Crippen LogP contribution in [0.3, 0.4) is 0 Å². The molecule has 0 aliphatic carbocycles. The van der Waals surface area contributed by atoms with Gasteiger partial charge in [-0.25, -0.2) is 4.98 Å². The third-order valence-corrected chi connectivity index (χ3v) is 3.67. The number of rotatable bonds is 2. The molecule has 0 aromatic carbocycles. The molecule has 1 saturated heterocycles. The minimum atomic E-state index is 0.422. The number of hydrogen-bond acceptors (Lipinski definition) is 2. The Hall–Kier alpha value is -0.830. The van der Waals surface area contributed by atoms with Crippen molar-refractivity contribution in [2.45, 2.75) is 57.6 Å². The van der Waals surface area contributed by atoms with Crippen molar-refractivity contribution in [3.8, 4) is 0 Å². The van der Waals surface area contributed by atoms with Crippen molar-refractivity contribution in [1.82, 2.24) is 9.55 Å². The van der Waals surface area contributed by atoms with Gasteiger partial charge in [-0.15, -0.1) is 0 Å². The van der Waals surface area contributed by atoms with Crippen LogP contribution >= 0.6 is 0 Å². The van der Waals surface area contributed by atoms with Gasteiger partial charge in [-0.1, -0.05) is 0 Å². The van der Waals surface area contributed by atoms with Gasteiger partial charge in [-0.05, 0) is 32.1 Å². The molecule has 0 bridgehead atoms. The first-order valence-electron chi connectivity index (χ1n) is 6.58. The molecule has 1 aromatic heterocycles. The number of hydrogen-bond donors (Lipinski definition) is 0. The molecule has 2 aliphatic rings. The minimum Gasteiger partial charge on any atom is -0.378 e. The van der Waals surface area contributed by atoms with Crippen LogP contribution in [-0.4, -0.2) is 22.3 Å². The van der Waals surface area contributed by atoms with Gasteiger partial charge in [0, 0.05) is 32.2 Å². The van der Waals surface area contributed by atoms with E-state index in [9.17, 15) is 0 Å². The van der Waals surface area contributed by atoms with Gasteiger partial charge in [0.2, 0.25) is 0 Å². The Kier molecular flexibility index (Phi) is 2.96. The smallest absolute Gasteiger partial charge is 0.108 e. The van der Waals surface area contributed by atoms with Crippen LogP contribution in [0, 0.1) is 0 Å². The van der Waals surface area contributed by atoms with Gasteiger partial charge in [0.15, 0.2) is 0 Å². The first kappa shape index (κ1) is 10.3. The average Bonchev–Trinajstić information content (AvgIpc) is 2.72. The highest BCUT2D eigenvalue weighted by Crippen LogP contribution is 2.19. The molecule has 1 fully saturated rings. The molecule has 3 nitrogen and oxygen atoms in total. The van der Waals surface area contributed by atoms with E-state index in [-0.39, 0.29) is 0 Å². The molecule has 0 N–H and O–H groups in total. The fourth-order valence-corrected chi connectivity index (χ4v) is 2.77. The first-order chi connectivity index (χ1) is 7.92. The van der Waals surface area contributed by atoms with Gasteiger partial charge in [0.05, 0.1) is 11.8 Å². The Morgan fingerprint density at radius 1 is 1.31 bits per heavy atom. The van der Waals surface area contributed by atoms with Crippen molar-refractivity contribution in [2.75, 3.05) is 6.61 Å². The largest absolute Gasteiger partial charge is 0.378 e. The van der Waals surface area contributed by atoms with Crippen molar-refractivity contribution >= 4 is 0 Å². The van der Waals surface area contributed by atoms with Crippen LogP contribution in [0.1, 0.15) is 43.6 Å². The molecule has 88 valence electrons. The highest BCUT2D eigenvalue weighted by atomic mass is 16.5. The van der Waals surface area contributed by atoms with Gasteiger partial charge < -0.3 is 9.30 Å². The predicted molar refractivity (Wildman–Crippen MR) is 62.5 cm³/mol. The van der Waals surface area contributed by atoms with E-state index in [1.165, 1.54) is 43.6 Å². The summed E-state index contributed by atoms with van der Waals surface area (Å²) in [5.74, 6) is 1.29. The van der Waals surface area contributed by atoms with E-state index >= 15 is 0 Å². The fraction of sp³-hybridized carbons (Fsp3) is 0.769. The molecular formula is C13H20N2O. The molecule has 1 atom stereocenters. The highest BCUT2D eigenvalue weighted by molar-refractivity contribution is 5.07. The molecule has 3 heteroatoms. The number of aromatic nitrogens is 2. The molecule has 0 amide bonds. The Labute approximate surface area is 96.8 Å². The second-order valence-electron chi connectivity index (χ2n) is 4.99. The van der Waals surface area contributed by atoms with Crippen LogP contribution in [0.25, 0.3) is 0 Å². The Morgan fingerprint density at radius 3 is 3.12 bits per heavy atom. The molecule has 0 saturated carbocycles. The van der Waals surface area contributed by atoms with Crippen molar-refractivity contribution < 1.29 is 4.74 Å². The summed E-state index contributed by atoms with van der Waals surface area (Å²) in [6.07, 6.45) is 11.2. The normalized spacial score (nSPS) is 25.4. The highest BCUT2D eigenvalue weighted by Gasteiger charge is 2.18. The van der Waals surface area contributed by atoms with Gasteiger partial charge in [-0.3, -0.25) is 0 Å².